The standard InChI is InChI=1S/C35H43N5O11S/c1-21(2)31(34(47)36-24(17-29(41)42)14-15-52(4,49)50)39-33(46)26(16-23-19-40(3)28-13-9-8-12-25(23)28)37-32(45)27(18-30(43)44)38-35(48)51-20-22-10-6-5-7-11-22/h5-15,19,21,24,26-27,31H,16-18,20H2,1-4H3,(H,36,47)(H,37,45)(H,38,48)(H,39,46)(H,41,42)(H,43,44)/b15-14+/t24-,26?,27+,31+/m1/s1. The van der Waals surface area contributed by atoms with E-state index >= 15 is 0 Å². The first-order chi connectivity index (χ1) is 24.4. The molecule has 0 aliphatic carbocycles. The summed E-state index contributed by atoms with van der Waals surface area (Å²) < 4.78 is 30.3. The van der Waals surface area contributed by atoms with Crippen molar-refractivity contribution in [1.82, 2.24) is 25.8 Å². The van der Waals surface area contributed by atoms with Crippen molar-refractivity contribution in [3.8, 4) is 0 Å². The van der Waals surface area contributed by atoms with Crippen LogP contribution in [0.2, 0.25) is 0 Å². The van der Waals surface area contributed by atoms with E-state index in [2.05, 4.69) is 21.3 Å². The van der Waals surface area contributed by atoms with Crippen LogP contribution in [0.1, 0.15) is 37.8 Å². The third kappa shape index (κ3) is 12.9. The lowest BCUT2D eigenvalue weighted by Crippen LogP contribution is -2.59. The molecule has 6 N–H and O–H groups in total. The van der Waals surface area contributed by atoms with E-state index < -0.39 is 88.5 Å². The number of para-hydroxylation sites is 1. The number of sulfone groups is 1. The van der Waals surface area contributed by atoms with Crippen molar-refractivity contribution in [2.45, 2.75) is 63.9 Å². The fourth-order valence-corrected chi connectivity index (χ4v) is 5.71. The van der Waals surface area contributed by atoms with Gasteiger partial charge in [0.2, 0.25) is 17.7 Å². The highest BCUT2D eigenvalue weighted by Crippen LogP contribution is 2.22. The SMILES string of the molecule is CC(C)[C@H](NC(=O)C(Cc1cn(C)c2ccccc12)NC(=O)[C@H](CC(=O)O)NC(=O)OCc1ccccc1)C(=O)N[C@H](/C=C/S(C)(=O)=O)CC(=O)O. The van der Waals surface area contributed by atoms with Crippen LogP contribution in [0.5, 0.6) is 0 Å². The molecule has 0 bridgehead atoms. The van der Waals surface area contributed by atoms with Crippen molar-refractivity contribution >= 4 is 56.5 Å². The van der Waals surface area contributed by atoms with Crippen molar-refractivity contribution in [2.75, 3.05) is 6.26 Å². The van der Waals surface area contributed by atoms with Crippen LogP contribution < -0.4 is 21.3 Å². The molecule has 2 aromatic carbocycles. The van der Waals surface area contributed by atoms with Gasteiger partial charge in [0.15, 0.2) is 9.84 Å². The number of carboxylic acid groups (broad SMARTS) is 2. The molecule has 0 saturated carbocycles. The van der Waals surface area contributed by atoms with Crippen LogP contribution in [0.4, 0.5) is 4.79 Å². The van der Waals surface area contributed by atoms with Crippen LogP contribution in [0.25, 0.3) is 10.9 Å². The van der Waals surface area contributed by atoms with Crippen LogP contribution in [0, 0.1) is 5.92 Å². The smallest absolute Gasteiger partial charge is 0.408 e. The molecule has 4 atom stereocenters. The summed E-state index contributed by atoms with van der Waals surface area (Å²) in [5.74, 6) is -6.01. The molecule has 0 aliphatic rings. The van der Waals surface area contributed by atoms with E-state index in [9.17, 15) is 47.4 Å². The second kappa shape index (κ2) is 18.5. The molecule has 0 fully saturated rings. The predicted octanol–water partition coefficient (Wildman–Crippen LogP) is 1.63. The first-order valence-corrected chi connectivity index (χ1v) is 18.1. The largest absolute Gasteiger partial charge is 0.481 e. The summed E-state index contributed by atoms with van der Waals surface area (Å²) in [6, 6.07) is 10.3. The first kappa shape index (κ1) is 40.7. The van der Waals surface area contributed by atoms with Crippen LogP contribution >= 0.6 is 0 Å². The molecule has 16 nitrogen and oxygen atoms in total. The van der Waals surface area contributed by atoms with E-state index in [1.165, 1.54) is 0 Å². The lowest BCUT2D eigenvalue weighted by Gasteiger charge is -2.27. The maximum absolute atomic E-state index is 14.0. The summed E-state index contributed by atoms with van der Waals surface area (Å²) in [5, 5.41) is 30.2. The molecule has 1 aromatic heterocycles. The molecule has 52 heavy (non-hydrogen) atoms. The van der Waals surface area contributed by atoms with Gasteiger partial charge < -0.3 is 40.8 Å². The van der Waals surface area contributed by atoms with Gasteiger partial charge in [-0.05, 0) is 23.1 Å². The van der Waals surface area contributed by atoms with Gasteiger partial charge in [-0.2, -0.15) is 0 Å². The Morgan fingerprint density at radius 1 is 0.808 bits per heavy atom. The second-order valence-corrected chi connectivity index (χ2v) is 14.4. The molecule has 4 amide bonds. The normalized spacial score (nSPS) is 13.9. The molecule has 280 valence electrons. The molecule has 3 rings (SSSR count). The summed E-state index contributed by atoms with van der Waals surface area (Å²) in [6.45, 7) is 3.06. The molecule has 17 heteroatoms. The fraction of sp³-hybridized carbons (Fsp3) is 0.371. The van der Waals surface area contributed by atoms with Crippen LogP contribution in [0.15, 0.2) is 72.3 Å². The van der Waals surface area contributed by atoms with Crippen molar-refractivity contribution in [3.05, 3.63) is 83.4 Å². The Labute approximate surface area is 300 Å². The molecule has 0 radical (unpaired) electrons. The number of benzene rings is 2. The number of carbonyl (C=O) groups is 6. The van der Waals surface area contributed by atoms with E-state index in [1.54, 1.807) is 63.5 Å². The number of aliphatic carboxylic acids is 2. The van der Waals surface area contributed by atoms with E-state index in [-0.39, 0.29) is 13.0 Å². The minimum atomic E-state index is -3.66. The highest BCUT2D eigenvalue weighted by molar-refractivity contribution is 7.93. The van der Waals surface area contributed by atoms with E-state index in [1.807, 2.05) is 22.8 Å². The number of fused-ring (bicyclic) bond motifs is 1. The van der Waals surface area contributed by atoms with Crippen molar-refractivity contribution < 1.29 is 52.1 Å². The van der Waals surface area contributed by atoms with Gasteiger partial charge in [0, 0.05) is 42.2 Å². The maximum atomic E-state index is 14.0. The first-order valence-electron chi connectivity index (χ1n) is 16.2. The summed E-state index contributed by atoms with van der Waals surface area (Å²) in [6.07, 6.45) is 0.974. The molecule has 1 unspecified atom stereocenters. The average Bonchev–Trinajstić information content (AvgIpc) is 3.38. The van der Waals surface area contributed by atoms with Gasteiger partial charge in [-0.15, -0.1) is 0 Å². The Morgan fingerprint density at radius 3 is 2.04 bits per heavy atom. The molecule has 0 aliphatic heterocycles. The number of rotatable bonds is 18. The Hall–Kier alpha value is -5.71. The quantitative estimate of drug-likeness (QED) is 0.110. The summed E-state index contributed by atoms with van der Waals surface area (Å²) in [4.78, 5) is 76.7. The molecular formula is C35H43N5O11S. The number of nitrogens with one attached hydrogen (secondary N) is 4. The minimum absolute atomic E-state index is 0.123. The number of nitrogens with zero attached hydrogens (tertiary/aromatic N) is 1. The van der Waals surface area contributed by atoms with E-state index in [4.69, 9.17) is 4.74 Å². The van der Waals surface area contributed by atoms with Crippen LogP contribution in [-0.2, 0) is 58.6 Å². The molecule has 0 spiro atoms. The molecule has 1 heterocycles. The maximum Gasteiger partial charge on any atom is 0.408 e. The summed E-state index contributed by atoms with van der Waals surface area (Å²) >= 11 is 0. The Balaban J connectivity index is 1.89. The molecule has 3 aromatic rings. The zero-order valence-corrected chi connectivity index (χ0v) is 29.9. The van der Waals surface area contributed by atoms with E-state index in [0.717, 1.165) is 28.6 Å². The van der Waals surface area contributed by atoms with Crippen molar-refractivity contribution in [2.24, 2.45) is 13.0 Å². The Bertz CT molecular complexity index is 1910. The number of aromatic nitrogens is 1. The van der Waals surface area contributed by atoms with Gasteiger partial charge in [-0.25, -0.2) is 13.2 Å². The van der Waals surface area contributed by atoms with Gasteiger partial charge in [0.05, 0.1) is 18.9 Å². The van der Waals surface area contributed by atoms with Gasteiger partial charge in [-0.1, -0.05) is 68.5 Å². The number of hydrogen-bond donors (Lipinski definition) is 6. The number of amides is 4. The third-order valence-corrected chi connectivity index (χ3v) is 8.42. The Morgan fingerprint density at radius 2 is 1.42 bits per heavy atom. The lowest BCUT2D eigenvalue weighted by atomic mass is 10.00. The molecular weight excluding hydrogens is 698 g/mol. The highest BCUT2D eigenvalue weighted by atomic mass is 32.2. The van der Waals surface area contributed by atoms with Gasteiger partial charge >= 0.3 is 18.0 Å². The molecule has 0 saturated heterocycles. The number of ether oxygens (including phenoxy) is 1. The Kier molecular flexibility index (Phi) is 14.5. The predicted molar refractivity (Wildman–Crippen MR) is 189 cm³/mol. The zero-order valence-electron chi connectivity index (χ0n) is 29.1. The van der Waals surface area contributed by atoms with Crippen LogP contribution in [0.3, 0.4) is 0 Å². The summed E-state index contributed by atoms with van der Waals surface area (Å²) in [5.41, 5.74) is 2.09. The zero-order chi connectivity index (χ0) is 38.6. The highest BCUT2D eigenvalue weighted by Gasteiger charge is 2.33. The van der Waals surface area contributed by atoms with Gasteiger partial charge in [0.1, 0.15) is 24.7 Å². The fourth-order valence-electron chi connectivity index (χ4n) is 5.23. The minimum Gasteiger partial charge on any atom is -0.481 e. The summed E-state index contributed by atoms with van der Waals surface area (Å²) in [7, 11) is -1.87. The average molecular weight is 742 g/mol. The van der Waals surface area contributed by atoms with Crippen molar-refractivity contribution in [1.29, 1.82) is 0 Å². The number of hydrogen-bond acceptors (Lipinski definition) is 9. The number of carbonyl (C=O) groups excluding carboxylic acids is 4. The van der Waals surface area contributed by atoms with Crippen LogP contribution in [-0.4, -0.2) is 89.4 Å². The number of carboxylic acids is 2. The monoisotopic (exact) mass is 741 g/mol. The van der Waals surface area contributed by atoms with E-state index in [0.29, 0.717) is 11.1 Å². The topological polar surface area (TPSA) is 239 Å². The second-order valence-electron chi connectivity index (χ2n) is 12.5. The van der Waals surface area contributed by atoms with Gasteiger partial charge in [0.25, 0.3) is 0 Å². The van der Waals surface area contributed by atoms with Gasteiger partial charge in [-0.3, -0.25) is 24.0 Å². The van der Waals surface area contributed by atoms with Crippen molar-refractivity contribution in [3.63, 3.8) is 0 Å². The third-order valence-electron chi connectivity index (χ3n) is 7.76. The number of alkyl carbamates (subject to hydrolysis) is 1. The lowest BCUT2D eigenvalue weighted by molar-refractivity contribution is -0.140. The number of aryl methyl sites for hydroxylation is 1.